The van der Waals surface area contributed by atoms with Gasteiger partial charge in [-0.3, -0.25) is 10.1 Å². The van der Waals surface area contributed by atoms with Crippen LogP contribution in [0.4, 0.5) is 4.79 Å². The van der Waals surface area contributed by atoms with Gasteiger partial charge in [0.2, 0.25) is 0 Å². The third-order valence-electron chi connectivity index (χ3n) is 2.88. The lowest BCUT2D eigenvalue weighted by Gasteiger charge is -2.14. The number of carbonyl (C=O) groups is 2. The maximum atomic E-state index is 11.8. The van der Waals surface area contributed by atoms with Crippen LogP contribution in [0.15, 0.2) is 18.2 Å². The van der Waals surface area contributed by atoms with Crippen molar-refractivity contribution in [2.45, 2.75) is 20.4 Å². The van der Waals surface area contributed by atoms with Crippen molar-refractivity contribution in [1.29, 1.82) is 0 Å². The van der Waals surface area contributed by atoms with E-state index in [1.807, 2.05) is 27.0 Å². The van der Waals surface area contributed by atoms with E-state index in [-0.39, 0.29) is 12.5 Å². The maximum absolute atomic E-state index is 11.8. The number of imide groups is 1. The molecular formula is C15H22Cl2N3O2+. The quantitative estimate of drug-likeness (QED) is 0.730. The number of quaternary nitrogens is 1. The summed E-state index contributed by atoms with van der Waals surface area (Å²) >= 11 is 11.8. The Morgan fingerprint density at radius 3 is 2.50 bits per heavy atom. The molecule has 122 valence electrons. The highest BCUT2D eigenvalue weighted by molar-refractivity contribution is 6.42. The molecule has 1 atom stereocenters. The van der Waals surface area contributed by atoms with Crippen LogP contribution in [-0.2, 0) is 11.3 Å². The fourth-order valence-corrected chi connectivity index (χ4v) is 2.17. The summed E-state index contributed by atoms with van der Waals surface area (Å²) in [4.78, 5) is 24.2. The second-order valence-corrected chi connectivity index (χ2v) is 6.53. The number of likely N-dealkylation sites (N-methyl/N-ethyl adjacent to an activating group) is 1. The van der Waals surface area contributed by atoms with Crippen LogP contribution in [0.25, 0.3) is 0 Å². The maximum Gasteiger partial charge on any atom is 0.321 e. The molecule has 0 radical (unpaired) electrons. The molecule has 1 rings (SSSR count). The molecule has 0 fully saturated rings. The van der Waals surface area contributed by atoms with E-state index in [1.54, 1.807) is 12.1 Å². The summed E-state index contributed by atoms with van der Waals surface area (Å²) in [6.07, 6.45) is 0. The van der Waals surface area contributed by atoms with E-state index < -0.39 is 6.03 Å². The largest absolute Gasteiger partial charge is 0.338 e. The first-order chi connectivity index (χ1) is 10.3. The van der Waals surface area contributed by atoms with Gasteiger partial charge >= 0.3 is 6.03 Å². The molecule has 0 heterocycles. The minimum absolute atomic E-state index is 0.190. The van der Waals surface area contributed by atoms with Gasteiger partial charge in [0, 0.05) is 12.1 Å². The number of hydrogen-bond donors (Lipinski definition) is 3. The number of rotatable bonds is 6. The van der Waals surface area contributed by atoms with E-state index in [0.29, 0.717) is 29.1 Å². The zero-order chi connectivity index (χ0) is 16.7. The second-order valence-electron chi connectivity index (χ2n) is 5.71. The van der Waals surface area contributed by atoms with Crippen LogP contribution < -0.4 is 15.5 Å². The molecule has 0 bridgehead atoms. The summed E-state index contributed by atoms with van der Waals surface area (Å²) in [5, 5.41) is 5.95. The molecule has 0 aliphatic heterocycles. The predicted molar refractivity (Wildman–Crippen MR) is 88.3 cm³/mol. The van der Waals surface area contributed by atoms with Gasteiger partial charge in [0.05, 0.1) is 17.1 Å². The van der Waals surface area contributed by atoms with Gasteiger partial charge < -0.3 is 10.2 Å². The SMILES string of the molecule is CC(C)CNC(=O)NC(=O)C[NH+](C)Cc1ccc(Cl)c(Cl)c1. The normalized spacial score (nSPS) is 12.1. The lowest BCUT2D eigenvalue weighted by atomic mass is 10.2. The third kappa shape index (κ3) is 7.11. The van der Waals surface area contributed by atoms with Gasteiger partial charge in [0.15, 0.2) is 6.54 Å². The Kier molecular flexibility index (Phi) is 7.65. The molecule has 5 nitrogen and oxygen atoms in total. The van der Waals surface area contributed by atoms with E-state index in [0.717, 1.165) is 10.5 Å². The summed E-state index contributed by atoms with van der Waals surface area (Å²) in [6.45, 7) is 5.30. The van der Waals surface area contributed by atoms with Gasteiger partial charge in [0.25, 0.3) is 5.91 Å². The van der Waals surface area contributed by atoms with E-state index in [4.69, 9.17) is 23.2 Å². The van der Waals surface area contributed by atoms with Gasteiger partial charge in [-0.05, 0) is 18.1 Å². The summed E-state index contributed by atoms with van der Waals surface area (Å²) in [5.41, 5.74) is 0.976. The lowest BCUT2D eigenvalue weighted by molar-refractivity contribution is -0.885. The standard InChI is InChI=1S/C15H21Cl2N3O2/c1-10(2)7-18-15(22)19-14(21)9-20(3)8-11-4-5-12(16)13(17)6-11/h4-6,10H,7-9H2,1-3H3,(H2,18,19,21,22)/p+1. The van der Waals surface area contributed by atoms with Crippen LogP contribution in [0.1, 0.15) is 19.4 Å². The van der Waals surface area contributed by atoms with Crippen LogP contribution in [0.2, 0.25) is 10.0 Å². The number of halogens is 2. The predicted octanol–water partition coefficient (Wildman–Crippen LogP) is 1.49. The first-order valence-corrected chi connectivity index (χ1v) is 7.86. The number of urea groups is 1. The minimum Gasteiger partial charge on any atom is -0.338 e. The Balaban J connectivity index is 2.40. The van der Waals surface area contributed by atoms with E-state index >= 15 is 0 Å². The number of amides is 3. The molecule has 1 aromatic carbocycles. The smallest absolute Gasteiger partial charge is 0.321 e. The monoisotopic (exact) mass is 346 g/mol. The molecule has 1 unspecified atom stereocenters. The summed E-state index contributed by atoms with van der Waals surface area (Å²) < 4.78 is 0. The Bertz CT molecular complexity index is 536. The zero-order valence-corrected chi connectivity index (χ0v) is 14.5. The molecule has 7 heteroatoms. The van der Waals surface area contributed by atoms with Crippen molar-refractivity contribution >= 4 is 35.1 Å². The molecule has 22 heavy (non-hydrogen) atoms. The first-order valence-electron chi connectivity index (χ1n) is 7.10. The van der Waals surface area contributed by atoms with E-state index in [2.05, 4.69) is 10.6 Å². The van der Waals surface area contributed by atoms with Crippen molar-refractivity contribution in [3.8, 4) is 0 Å². The molecule has 3 N–H and O–H groups in total. The van der Waals surface area contributed by atoms with E-state index in [1.165, 1.54) is 0 Å². The molecule has 0 aliphatic carbocycles. The van der Waals surface area contributed by atoms with Crippen molar-refractivity contribution in [3.05, 3.63) is 33.8 Å². The molecule has 0 saturated carbocycles. The fourth-order valence-electron chi connectivity index (χ4n) is 1.85. The zero-order valence-electron chi connectivity index (χ0n) is 13.0. The Hall–Kier alpha value is -1.30. The molecule has 0 saturated heterocycles. The second kappa shape index (κ2) is 8.98. The number of benzene rings is 1. The van der Waals surface area contributed by atoms with Crippen molar-refractivity contribution in [3.63, 3.8) is 0 Å². The third-order valence-corrected chi connectivity index (χ3v) is 3.62. The van der Waals surface area contributed by atoms with Crippen molar-refractivity contribution in [2.24, 2.45) is 5.92 Å². The Morgan fingerprint density at radius 2 is 1.91 bits per heavy atom. The van der Waals surface area contributed by atoms with Crippen LogP contribution in [-0.4, -0.2) is 32.1 Å². The molecule has 0 spiro atoms. The number of nitrogens with one attached hydrogen (secondary N) is 3. The van der Waals surface area contributed by atoms with Gasteiger partial charge in [-0.25, -0.2) is 4.79 Å². The summed E-state index contributed by atoms with van der Waals surface area (Å²) in [7, 11) is 1.87. The number of hydrogen-bond acceptors (Lipinski definition) is 2. The van der Waals surface area contributed by atoms with E-state index in [9.17, 15) is 9.59 Å². The fraction of sp³-hybridized carbons (Fsp3) is 0.467. The molecular weight excluding hydrogens is 325 g/mol. The van der Waals surface area contributed by atoms with Crippen LogP contribution >= 0.6 is 23.2 Å². The van der Waals surface area contributed by atoms with Crippen LogP contribution in [0.5, 0.6) is 0 Å². The highest BCUT2D eigenvalue weighted by Crippen LogP contribution is 2.22. The van der Waals surface area contributed by atoms with Gasteiger partial charge in [0.1, 0.15) is 6.54 Å². The van der Waals surface area contributed by atoms with Crippen molar-refractivity contribution in [1.82, 2.24) is 10.6 Å². The minimum atomic E-state index is -0.457. The Morgan fingerprint density at radius 1 is 1.23 bits per heavy atom. The molecule has 0 aromatic heterocycles. The lowest BCUT2D eigenvalue weighted by Crippen LogP contribution is -3.09. The highest BCUT2D eigenvalue weighted by atomic mass is 35.5. The average Bonchev–Trinajstić information content (AvgIpc) is 2.40. The summed E-state index contributed by atoms with van der Waals surface area (Å²) in [6, 6.07) is 4.92. The van der Waals surface area contributed by atoms with Gasteiger partial charge in [-0.1, -0.05) is 43.1 Å². The van der Waals surface area contributed by atoms with Crippen molar-refractivity contribution in [2.75, 3.05) is 20.1 Å². The molecule has 3 amide bonds. The van der Waals surface area contributed by atoms with Gasteiger partial charge in [-0.15, -0.1) is 0 Å². The topological polar surface area (TPSA) is 62.6 Å². The van der Waals surface area contributed by atoms with Crippen molar-refractivity contribution < 1.29 is 14.5 Å². The number of carbonyl (C=O) groups excluding carboxylic acids is 2. The molecule has 1 aromatic rings. The first kappa shape index (κ1) is 18.7. The average molecular weight is 347 g/mol. The summed E-state index contributed by atoms with van der Waals surface area (Å²) in [5.74, 6) is 0.0163. The molecule has 0 aliphatic rings. The highest BCUT2D eigenvalue weighted by Gasteiger charge is 2.14. The van der Waals surface area contributed by atoms with Gasteiger partial charge in [-0.2, -0.15) is 0 Å². The van der Waals surface area contributed by atoms with Crippen LogP contribution in [0.3, 0.4) is 0 Å². The van der Waals surface area contributed by atoms with Crippen LogP contribution in [0, 0.1) is 5.92 Å². The Labute approximate surface area is 141 Å².